The fraction of sp³-hybridized carbons (Fsp3) is 0.800. The summed E-state index contributed by atoms with van der Waals surface area (Å²) in [6.45, 7) is 10.8. The van der Waals surface area contributed by atoms with Gasteiger partial charge in [0.2, 0.25) is 0 Å². The molecule has 0 spiro atoms. The number of hydrogen-bond donors (Lipinski definition) is 0. The molecule has 0 aromatic carbocycles. The molecule has 0 rings (SSSR count). The van der Waals surface area contributed by atoms with E-state index in [9.17, 15) is 14.9 Å². The number of ether oxygens (including phenoxy) is 2. The summed E-state index contributed by atoms with van der Waals surface area (Å²) < 4.78 is 10.1. The van der Waals surface area contributed by atoms with Crippen LogP contribution in [-0.2, 0) is 19.1 Å². The maximum atomic E-state index is 12.3. The SMILES string of the molecule is CCOC(=O)[C@@H](C(C)C)[C@](C#N)(C(=O)OCC)C(C)C. The van der Waals surface area contributed by atoms with Crippen LogP contribution in [0, 0.1) is 34.5 Å². The first-order valence-electron chi connectivity index (χ1n) is 7.04. The highest BCUT2D eigenvalue weighted by Crippen LogP contribution is 2.41. The second-order valence-corrected chi connectivity index (χ2v) is 5.33. The number of nitrogens with zero attached hydrogens (tertiary/aromatic N) is 1. The van der Waals surface area contributed by atoms with Gasteiger partial charge in [-0.2, -0.15) is 5.26 Å². The molecule has 5 nitrogen and oxygen atoms in total. The highest BCUT2D eigenvalue weighted by molar-refractivity contribution is 5.88. The van der Waals surface area contributed by atoms with Crippen LogP contribution in [-0.4, -0.2) is 25.2 Å². The number of hydrogen-bond acceptors (Lipinski definition) is 5. The topological polar surface area (TPSA) is 76.4 Å². The molecule has 0 aromatic heterocycles. The van der Waals surface area contributed by atoms with Crippen molar-refractivity contribution in [3.8, 4) is 6.07 Å². The quantitative estimate of drug-likeness (QED) is 0.671. The minimum Gasteiger partial charge on any atom is -0.466 e. The molecule has 0 unspecified atom stereocenters. The largest absolute Gasteiger partial charge is 0.466 e. The van der Waals surface area contributed by atoms with E-state index in [1.165, 1.54) is 0 Å². The molecule has 5 heteroatoms. The molecular formula is C15H25NO4. The molecule has 20 heavy (non-hydrogen) atoms. The van der Waals surface area contributed by atoms with Crippen molar-refractivity contribution in [1.82, 2.24) is 0 Å². The van der Waals surface area contributed by atoms with Crippen LogP contribution in [0.4, 0.5) is 0 Å². The van der Waals surface area contributed by atoms with Gasteiger partial charge >= 0.3 is 11.9 Å². The number of carbonyl (C=O) groups is 2. The molecule has 2 atom stereocenters. The number of rotatable bonds is 7. The molecule has 0 saturated heterocycles. The van der Waals surface area contributed by atoms with Crippen molar-refractivity contribution >= 4 is 11.9 Å². The molecule has 0 fully saturated rings. The van der Waals surface area contributed by atoms with Crippen molar-refractivity contribution in [1.29, 1.82) is 5.26 Å². The lowest BCUT2D eigenvalue weighted by molar-refractivity contribution is -0.170. The summed E-state index contributed by atoms with van der Waals surface area (Å²) in [5, 5.41) is 9.62. The highest BCUT2D eigenvalue weighted by Gasteiger charge is 2.55. The van der Waals surface area contributed by atoms with Crippen LogP contribution in [0.3, 0.4) is 0 Å². The molecule has 0 amide bonds. The lowest BCUT2D eigenvalue weighted by atomic mass is 9.64. The predicted molar refractivity (Wildman–Crippen MR) is 74.5 cm³/mol. The van der Waals surface area contributed by atoms with E-state index in [2.05, 4.69) is 0 Å². The maximum Gasteiger partial charge on any atom is 0.327 e. The van der Waals surface area contributed by atoms with Gasteiger partial charge in [-0.15, -0.1) is 0 Å². The minimum absolute atomic E-state index is 0.169. The van der Waals surface area contributed by atoms with E-state index in [1.807, 2.05) is 6.07 Å². The highest BCUT2D eigenvalue weighted by atomic mass is 16.5. The van der Waals surface area contributed by atoms with Crippen LogP contribution in [0.2, 0.25) is 0 Å². The first kappa shape index (κ1) is 18.4. The molecule has 0 aliphatic carbocycles. The van der Waals surface area contributed by atoms with E-state index in [0.717, 1.165) is 0 Å². The molecule has 0 bridgehead atoms. The lowest BCUT2D eigenvalue weighted by Gasteiger charge is -2.36. The molecule has 0 radical (unpaired) electrons. The molecular weight excluding hydrogens is 258 g/mol. The van der Waals surface area contributed by atoms with Crippen LogP contribution in [0.25, 0.3) is 0 Å². The number of nitriles is 1. The molecule has 114 valence electrons. The van der Waals surface area contributed by atoms with Gasteiger partial charge in [-0.1, -0.05) is 27.7 Å². The zero-order valence-corrected chi connectivity index (χ0v) is 13.2. The van der Waals surface area contributed by atoms with Crippen LogP contribution >= 0.6 is 0 Å². The average Bonchev–Trinajstić information content (AvgIpc) is 2.34. The second kappa shape index (κ2) is 7.88. The van der Waals surface area contributed by atoms with E-state index >= 15 is 0 Å². The first-order valence-corrected chi connectivity index (χ1v) is 7.04. The fourth-order valence-corrected chi connectivity index (χ4v) is 2.43. The number of carbonyl (C=O) groups excluding carboxylic acids is 2. The van der Waals surface area contributed by atoms with Gasteiger partial charge in [-0.05, 0) is 25.7 Å². The molecule has 0 aromatic rings. The summed E-state index contributed by atoms with van der Waals surface area (Å²) in [7, 11) is 0. The van der Waals surface area contributed by atoms with Crippen LogP contribution in [0.1, 0.15) is 41.5 Å². The van der Waals surface area contributed by atoms with Gasteiger partial charge in [0.05, 0.1) is 25.2 Å². The minimum atomic E-state index is -1.52. The average molecular weight is 283 g/mol. The Morgan fingerprint density at radius 2 is 1.60 bits per heavy atom. The third kappa shape index (κ3) is 3.50. The standard InChI is InChI=1S/C15H25NO4/c1-7-19-13(17)12(10(3)4)15(9-16,11(5)6)14(18)20-8-2/h10-12H,7-8H2,1-6H3/t12-,15-/m1/s1. The monoisotopic (exact) mass is 283 g/mol. The molecule has 0 aliphatic heterocycles. The van der Waals surface area contributed by atoms with Gasteiger partial charge in [0.25, 0.3) is 0 Å². The summed E-state index contributed by atoms with van der Waals surface area (Å²) >= 11 is 0. The third-order valence-electron chi connectivity index (χ3n) is 3.41. The van der Waals surface area contributed by atoms with Crippen molar-refractivity contribution in [2.75, 3.05) is 13.2 Å². The Morgan fingerprint density at radius 1 is 1.10 bits per heavy atom. The van der Waals surface area contributed by atoms with Gasteiger partial charge in [-0.25, -0.2) is 0 Å². The summed E-state index contributed by atoms with van der Waals surface area (Å²) in [5.41, 5.74) is -1.52. The van der Waals surface area contributed by atoms with Gasteiger partial charge in [0.15, 0.2) is 5.41 Å². The third-order valence-corrected chi connectivity index (χ3v) is 3.41. The van der Waals surface area contributed by atoms with Crippen molar-refractivity contribution in [3.05, 3.63) is 0 Å². The Bertz CT molecular complexity index is 384. The fourth-order valence-electron chi connectivity index (χ4n) is 2.43. The maximum absolute atomic E-state index is 12.3. The molecule has 0 aliphatic rings. The van der Waals surface area contributed by atoms with Crippen LogP contribution < -0.4 is 0 Å². The zero-order chi connectivity index (χ0) is 15.9. The van der Waals surface area contributed by atoms with Gasteiger partial charge in [0, 0.05) is 0 Å². The summed E-state index contributed by atoms with van der Waals surface area (Å²) in [6, 6.07) is 2.04. The molecule has 0 heterocycles. The Labute approximate surface area is 121 Å². The Morgan fingerprint density at radius 3 is 1.90 bits per heavy atom. The van der Waals surface area contributed by atoms with Gasteiger partial charge in [-0.3, -0.25) is 9.59 Å². The number of esters is 2. The van der Waals surface area contributed by atoms with E-state index in [0.29, 0.717) is 0 Å². The van der Waals surface area contributed by atoms with Gasteiger partial charge < -0.3 is 9.47 Å². The van der Waals surface area contributed by atoms with Crippen LogP contribution in [0.15, 0.2) is 0 Å². The summed E-state index contributed by atoms with van der Waals surface area (Å²) in [6.07, 6.45) is 0. The predicted octanol–water partition coefficient (Wildman–Crippen LogP) is 2.55. The molecule has 0 N–H and O–H groups in total. The van der Waals surface area contributed by atoms with Crippen molar-refractivity contribution in [3.63, 3.8) is 0 Å². The summed E-state index contributed by atoms with van der Waals surface area (Å²) in [5.74, 6) is -2.58. The van der Waals surface area contributed by atoms with Crippen molar-refractivity contribution in [2.45, 2.75) is 41.5 Å². The normalized spacial score (nSPS) is 15.3. The van der Waals surface area contributed by atoms with Crippen molar-refractivity contribution < 1.29 is 19.1 Å². The van der Waals surface area contributed by atoms with Crippen molar-refractivity contribution in [2.24, 2.45) is 23.2 Å². The summed E-state index contributed by atoms with van der Waals surface area (Å²) in [4.78, 5) is 24.6. The van der Waals surface area contributed by atoms with E-state index < -0.39 is 23.3 Å². The Kier molecular flexibility index (Phi) is 7.26. The zero-order valence-electron chi connectivity index (χ0n) is 13.2. The Hall–Kier alpha value is -1.57. The molecule has 0 saturated carbocycles. The Balaban J connectivity index is 5.85. The first-order chi connectivity index (χ1) is 9.29. The van der Waals surface area contributed by atoms with Crippen LogP contribution in [0.5, 0.6) is 0 Å². The van der Waals surface area contributed by atoms with Gasteiger partial charge in [0.1, 0.15) is 0 Å². The lowest BCUT2D eigenvalue weighted by Crippen LogP contribution is -2.49. The van der Waals surface area contributed by atoms with E-state index in [4.69, 9.17) is 9.47 Å². The second-order valence-electron chi connectivity index (χ2n) is 5.33. The van der Waals surface area contributed by atoms with E-state index in [1.54, 1.807) is 41.5 Å². The smallest absolute Gasteiger partial charge is 0.327 e. The van der Waals surface area contributed by atoms with E-state index in [-0.39, 0.29) is 25.0 Å².